The number of carbonyl (C=O) groups excluding carboxylic acids is 1. The lowest BCUT2D eigenvalue weighted by Crippen LogP contribution is -2.38. The maximum Gasteiger partial charge on any atom is 0.389 e. The molecule has 0 atom stereocenters. The predicted molar refractivity (Wildman–Crippen MR) is 72.0 cm³/mol. The average Bonchev–Trinajstić information content (AvgIpc) is 2.31. The Hall–Kier alpha value is -1.47. The third-order valence-corrected chi connectivity index (χ3v) is 3.03. The second kappa shape index (κ2) is 8.74. The number of aliphatic carboxylic acids is 1. The van der Waals surface area contributed by atoms with Gasteiger partial charge in [0.2, 0.25) is 0 Å². The van der Waals surface area contributed by atoms with Gasteiger partial charge >= 0.3 is 18.2 Å². The van der Waals surface area contributed by atoms with Crippen molar-refractivity contribution in [2.75, 3.05) is 13.1 Å². The summed E-state index contributed by atoms with van der Waals surface area (Å²) in [5.41, 5.74) is -0.220. The van der Waals surface area contributed by atoms with Gasteiger partial charge in [-0.05, 0) is 24.7 Å². The number of carbonyl (C=O) groups is 2. The van der Waals surface area contributed by atoms with Crippen LogP contribution >= 0.6 is 0 Å². The minimum atomic E-state index is -4.20. The Labute approximate surface area is 122 Å². The first-order valence-electron chi connectivity index (χ1n) is 6.82. The molecule has 0 aliphatic rings. The number of hydrogen-bond donors (Lipinski definition) is 3. The van der Waals surface area contributed by atoms with Gasteiger partial charge in [0.05, 0.1) is 0 Å². The Morgan fingerprint density at radius 3 is 2.10 bits per heavy atom. The molecule has 0 aromatic rings. The highest BCUT2D eigenvalue weighted by Crippen LogP contribution is 2.26. The minimum absolute atomic E-state index is 0.0340. The van der Waals surface area contributed by atoms with Gasteiger partial charge in [-0.1, -0.05) is 13.8 Å². The monoisotopic (exact) mass is 312 g/mol. The van der Waals surface area contributed by atoms with Crippen molar-refractivity contribution in [1.29, 1.82) is 0 Å². The average molecular weight is 312 g/mol. The third kappa shape index (κ3) is 13.3. The predicted octanol–water partition coefficient (Wildman–Crippen LogP) is 2.91. The number of hydrogen-bond acceptors (Lipinski definition) is 2. The number of carboxylic acids is 1. The summed E-state index contributed by atoms with van der Waals surface area (Å²) < 4.78 is 35.6. The molecule has 8 heteroatoms. The number of rotatable bonds is 9. The van der Waals surface area contributed by atoms with Crippen LogP contribution in [0.4, 0.5) is 18.0 Å². The number of alkyl halides is 3. The molecular weight excluding hydrogens is 289 g/mol. The highest BCUT2D eigenvalue weighted by atomic mass is 19.4. The Kier molecular flexibility index (Phi) is 8.12. The SMILES string of the molecule is CC(C)(CCNC(=O)NCCCC(F)(F)F)CCC(=O)O. The Balaban J connectivity index is 3.71. The molecule has 21 heavy (non-hydrogen) atoms. The van der Waals surface area contributed by atoms with E-state index in [-0.39, 0.29) is 24.8 Å². The molecular formula is C13H23F3N2O3. The van der Waals surface area contributed by atoms with Crippen LogP contribution in [0.3, 0.4) is 0 Å². The van der Waals surface area contributed by atoms with Crippen LogP contribution in [-0.4, -0.2) is 36.4 Å². The first kappa shape index (κ1) is 19.5. The molecule has 0 saturated carbocycles. The lowest BCUT2D eigenvalue weighted by molar-refractivity contribution is -0.137. The van der Waals surface area contributed by atoms with Crippen molar-refractivity contribution in [3.8, 4) is 0 Å². The largest absolute Gasteiger partial charge is 0.481 e. The molecule has 0 aromatic heterocycles. The van der Waals surface area contributed by atoms with E-state index in [1.807, 2.05) is 13.8 Å². The van der Waals surface area contributed by atoms with Crippen molar-refractivity contribution >= 4 is 12.0 Å². The first-order valence-corrected chi connectivity index (χ1v) is 6.82. The van der Waals surface area contributed by atoms with E-state index in [0.29, 0.717) is 19.4 Å². The van der Waals surface area contributed by atoms with E-state index in [1.54, 1.807) is 0 Å². The van der Waals surface area contributed by atoms with E-state index in [0.717, 1.165) is 0 Å². The molecule has 2 amide bonds. The summed E-state index contributed by atoms with van der Waals surface area (Å²) in [7, 11) is 0. The van der Waals surface area contributed by atoms with Crippen molar-refractivity contribution in [1.82, 2.24) is 10.6 Å². The number of nitrogens with one attached hydrogen (secondary N) is 2. The summed E-state index contributed by atoms with van der Waals surface area (Å²) in [5.74, 6) is -0.863. The topological polar surface area (TPSA) is 78.4 Å². The molecule has 124 valence electrons. The quantitative estimate of drug-likeness (QED) is 0.573. The van der Waals surface area contributed by atoms with Crippen molar-refractivity contribution in [2.24, 2.45) is 5.41 Å². The lowest BCUT2D eigenvalue weighted by Gasteiger charge is -2.23. The molecule has 0 spiro atoms. The Morgan fingerprint density at radius 2 is 1.57 bits per heavy atom. The van der Waals surface area contributed by atoms with E-state index < -0.39 is 24.6 Å². The molecule has 0 bridgehead atoms. The molecule has 0 saturated heterocycles. The lowest BCUT2D eigenvalue weighted by atomic mass is 9.84. The van der Waals surface area contributed by atoms with E-state index in [2.05, 4.69) is 10.6 Å². The summed E-state index contributed by atoms with van der Waals surface area (Å²) >= 11 is 0. The fourth-order valence-electron chi connectivity index (χ4n) is 1.64. The number of halogens is 3. The van der Waals surface area contributed by atoms with Crippen molar-refractivity contribution in [2.45, 2.75) is 52.1 Å². The Bertz CT molecular complexity index is 344. The zero-order valence-corrected chi connectivity index (χ0v) is 12.3. The van der Waals surface area contributed by atoms with Gasteiger partial charge in [-0.25, -0.2) is 4.79 Å². The van der Waals surface area contributed by atoms with Crippen LogP contribution < -0.4 is 10.6 Å². The van der Waals surface area contributed by atoms with Gasteiger partial charge in [0.25, 0.3) is 0 Å². The molecule has 0 unspecified atom stereocenters. The van der Waals surface area contributed by atoms with Gasteiger partial charge in [0.1, 0.15) is 0 Å². The van der Waals surface area contributed by atoms with E-state index >= 15 is 0 Å². The van der Waals surface area contributed by atoms with Gasteiger partial charge in [-0.15, -0.1) is 0 Å². The van der Waals surface area contributed by atoms with Crippen LogP contribution in [0, 0.1) is 5.41 Å². The van der Waals surface area contributed by atoms with Gasteiger partial charge < -0.3 is 15.7 Å². The second-order valence-electron chi connectivity index (χ2n) is 5.71. The summed E-state index contributed by atoms with van der Waals surface area (Å²) in [6, 6.07) is -0.508. The number of urea groups is 1. The van der Waals surface area contributed by atoms with E-state index in [4.69, 9.17) is 5.11 Å². The maximum atomic E-state index is 11.9. The summed E-state index contributed by atoms with van der Waals surface area (Å²) in [6.45, 7) is 4.11. The Morgan fingerprint density at radius 1 is 1.00 bits per heavy atom. The molecule has 0 radical (unpaired) electrons. The van der Waals surface area contributed by atoms with E-state index in [9.17, 15) is 22.8 Å². The molecule has 5 nitrogen and oxygen atoms in total. The first-order chi connectivity index (χ1) is 9.52. The normalized spacial score (nSPS) is 12.0. The summed E-state index contributed by atoms with van der Waals surface area (Å²) in [5, 5.41) is 13.5. The smallest absolute Gasteiger partial charge is 0.389 e. The molecule has 0 rings (SSSR count). The van der Waals surface area contributed by atoms with Crippen molar-refractivity contribution in [3.63, 3.8) is 0 Å². The van der Waals surface area contributed by atoms with Crippen molar-refractivity contribution < 1.29 is 27.9 Å². The second-order valence-corrected chi connectivity index (χ2v) is 5.71. The van der Waals surface area contributed by atoms with Crippen LogP contribution in [0.1, 0.15) is 46.0 Å². The van der Waals surface area contributed by atoms with Crippen LogP contribution in [0.15, 0.2) is 0 Å². The zero-order chi connectivity index (χ0) is 16.5. The summed E-state index contributed by atoms with van der Waals surface area (Å²) in [4.78, 5) is 21.8. The maximum absolute atomic E-state index is 11.9. The third-order valence-electron chi connectivity index (χ3n) is 3.03. The van der Waals surface area contributed by atoms with Gasteiger partial charge in [0, 0.05) is 25.9 Å². The van der Waals surface area contributed by atoms with Crippen molar-refractivity contribution in [3.05, 3.63) is 0 Å². The van der Waals surface area contributed by atoms with Gasteiger partial charge in [-0.2, -0.15) is 13.2 Å². The molecule has 0 aromatic carbocycles. The molecule has 0 aliphatic heterocycles. The number of carboxylic acid groups (broad SMARTS) is 1. The van der Waals surface area contributed by atoms with Crippen LogP contribution in [0.5, 0.6) is 0 Å². The highest BCUT2D eigenvalue weighted by molar-refractivity contribution is 5.73. The highest BCUT2D eigenvalue weighted by Gasteiger charge is 2.26. The molecule has 0 heterocycles. The van der Waals surface area contributed by atoms with Crippen LogP contribution in [0.25, 0.3) is 0 Å². The molecule has 0 aliphatic carbocycles. The van der Waals surface area contributed by atoms with E-state index in [1.165, 1.54) is 0 Å². The molecule has 0 fully saturated rings. The fraction of sp³-hybridized carbons (Fsp3) is 0.846. The molecule has 3 N–H and O–H groups in total. The van der Waals surface area contributed by atoms with Gasteiger partial charge in [-0.3, -0.25) is 4.79 Å². The zero-order valence-electron chi connectivity index (χ0n) is 12.3. The van der Waals surface area contributed by atoms with Crippen LogP contribution in [0.2, 0.25) is 0 Å². The standard InChI is InChI=1S/C13H23F3N2O3/c1-12(2,6-4-10(19)20)7-9-18-11(21)17-8-3-5-13(14,15)16/h3-9H2,1-2H3,(H,19,20)(H2,17,18,21). The summed E-state index contributed by atoms with van der Waals surface area (Å²) in [6.07, 6.45) is -4.12. The van der Waals surface area contributed by atoms with Crippen LogP contribution in [-0.2, 0) is 4.79 Å². The number of amides is 2. The minimum Gasteiger partial charge on any atom is -0.481 e. The fourth-order valence-corrected chi connectivity index (χ4v) is 1.64. The van der Waals surface area contributed by atoms with Gasteiger partial charge in [0.15, 0.2) is 0 Å².